The summed E-state index contributed by atoms with van der Waals surface area (Å²) in [7, 11) is 0. The molecule has 0 aliphatic heterocycles. The molecule has 0 aliphatic carbocycles. The fourth-order valence-corrected chi connectivity index (χ4v) is 1.42. The molecule has 0 fully saturated rings. The highest BCUT2D eigenvalue weighted by molar-refractivity contribution is 5.40. The van der Waals surface area contributed by atoms with Crippen molar-refractivity contribution in [1.82, 2.24) is 10.3 Å². The summed E-state index contributed by atoms with van der Waals surface area (Å²) in [5.41, 5.74) is 1.75. The van der Waals surface area contributed by atoms with E-state index < -0.39 is 0 Å². The number of hydrogen-bond acceptors (Lipinski definition) is 4. The Kier molecular flexibility index (Phi) is 5.14. The van der Waals surface area contributed by atoms with Crippen LogP contribution in [0, 0.1) is 6.92 Å². The van der Waals surface area contributed by atoms with E-state index in [1.807, 2.05) is 0 Å². The minimum absolute atomic E-state index is 0.0966. The summed E-state index contributed by atoms with van der Waals surface area (Å²) in [6.45, 7) is 2.12. The van der Waals surface area contributed by atoms with Gasteiger partial charge in [-0.25, -0.2) is 0 Å². The fourth-order valence-electron chi connectivity index (χ4n) is 1.42. The lowest BCUT2D eigenvalue weighted by Crippen LogP contribution is -2.17. The topological polar surface area (TPSA) is 65.4 Å². The van der Waals surface area contributed by atoms with Crippen LogP contribution in [0.25, 0.3) is 0 Å². The van der Waals surface area contributed by atoms with Crippen LogP contribution in [0.1, 0.15) is 23.2 Å². The highest BCUT2D eigenvalue weighted by atomic mass is 19.1. The second kappa shape index (κ2) is 6.40. The summed E-state index contributed by atoms with van der Waals surface area (Å²) in [5, 5.41) is 21.9. The maximum atomic E-state index is 11.9. The minimum Gasteiger partial charge on any atom is -0.506 e. The van der Waals surface area contributed by atoms with Crippen LogP contribution in [0.3, 0.4) is 0 Å². The van der Waals surface area contributed by atoms with Gasteiger partial charge < -0.3 is 15.5 Å². The molecule has 1 aromatic rings. The number of pyridine rings is 1. The maximum Gasteiger partial charge on any atom is 0.141 e. The van der Waals surface area contributed by atoms with Crippen molar-refractivity contribution >= 4 is 0 Å². The van der Waals surface area contributed by atoms with Gasteiger partial charge in [0.15, 0.2) is 0 Å². The van der Waals surface area contributed by atoms with Gasteiger partial charge >= 0.3 is 0 Å². The van der Waals surface area contributed by atoms with Gasteiger partial charge in [-0.3, -0.25) is 9.37 Å². The van der Waals surface area contributed by atoms with Crippen molar-refractivity contribution in [3.05, 3.63) is 23.0 Å². The number of aliphatic hydroxyl groups excluding tert-OH is 1. The molecule has 0 aromatic carbocycles. The summed E-state index contributed by atoms with van der Waals surface area (Å²) < 4.78 is 11.9. The van der Waals surface area contributed by atoms with Gasteiger partial charge in [-0.15, -0.1) is 0 Å². The Morgan fingerprint density at radius 1 is 1.50 bits per heavy atom. The van der Waals surface area contributed by atoms with E-state index in [-0.39, 0.29) is 19.0 Å². The van der Waals surface area contributed by atoms with E-state index in [4.69, 9.17) is 5.11 Å². The first-order valence-corrected chi connectivity index (χ1v) is 5.24. The Balaban J connectivity index is 2.72. The third kappa shape index (κ3) is 3.15. The van der Waals surface area contributed by atoms with Gasteiger partial charge in [0, 0.05) is 23.9 Å². The van der Waals surface area contributed by atoms with Crippen LogP contribution in [0.15, 0.2) is 6.20 Å². The third-order valence-electron chi connectivity index (χ3n) is 2.39. The van der Waals surface area contributed by atoms with Crippen LogP contribution >= 0.6 is 0 Å². The first-order valence-electron chi connectivity index (χ1n) is 5.24. The lowest BCUT2D eigenvalue weighted by molar-refractivity contribution is 0.278. The molecular formula is C11H17FN2O2. The maximum absolute atomic E-state index is 11.9. The van der Waals surface area contributed by atoms with E-state index in [0.717, 1.165) is 0 Å². The normalized spacial score (nSPS) is 10.7. The highest BCUT2D eigenvalue weighted by Gasteiger charge is 2.10. The van der Waals surface area contributed by atoms with Crippen molar-refractivity contribution in [3.63, 3.8) is 0 Å². The summed E-state index contributed by atoms with van der Waals surface area (Å²) >= 11 is 0. The first kappa shape index (κ1) is 12.9. The van der Waals surface area contributed by atoms with Crippen molar-refractivity contribution in [1.29, 1.82) is 0 Å². The molecule has 0 unspecified atom stereocenters. The van der Waals surface area contributed by atoms with Gasteiger partial charge in [-0.05, 0) is 19.9 Å². The van der Waals surface area contributed by atoms with Crippen LogP contribution in [0.5, 0.6) is 5.75 Å². The van der Waals surface area contributed by atoms with E-state index in [9.17, 15) is 9.50 Å². The average Bonchev–Trinajstić information content (AvgIpc) is 2.30. The number of aryl methyl sites for hydroxylation is 1. The van der Waals surface area contributed by atoms with Crippen LogP contribution < -0.4 is 5.32 Å². The van der Waals surface area contributed by atoms with Crippen molar-refractivity contribution in [2.45, 2.75) is 26.5 Å². The molecule has 0 bridgehead atoms. The van der Waals surface area contributed by atoms with Crippen molar-refractivity contribution < 1.29 is 14.6 Å². The monoisotopic (exact) mass is 228 g/mol. The summed E-state index contributed by atoms with van der Waals surface area (Å²) in [6, 6.07) is 0. The molecule has 0 amide bonds. The zero-order valence-corrected chi connectivity index (χ0v) is 9.33. The predicted molar refractivity (Wildman–Crippen MR) is 58.9 cm³/mol. The molecule has 4 nitrogen and oxygen atoms in total. The third-order valence-corrected chi connectivity index (χ3v) is 2.39. The van der Waals surface area contributed by atoms with E-state index in [1.54, 1.807) is 13.1 Å². The van der Waals surface area contributed by atoms with Gasteiger partial charge in [0.05, 0.1) is 19.0 Å². The Hall–Kier alpha value is -1.20. The molecule has 0 radical (unpaired) electrons. The number of rotatable bonds is 6. The number of aromatic hydroxyl groups is 1. The number of nitrogens with zero attached hydrogens (tertiary/aromatic N) is 1. The van der Waals surface area contributed by atoms with Gasteiger partial charge in [-0.1, -0.05) is 0 Å². The van der Waals surface area contributed by atoms with E-state index in [2.05, 4.69) is 10.3 Å². The molecule has 1 aromatic heterocycles. The number of halogens is 1. The number of nitrogens with one attached hydrogen (secondary N) is 1. The summed E-state index contributed by atoms with van der Waals surface area (Å²) in [5.74, 6) is 0.0966. The number of alkyl halides is 1. The average molecular weight is 228 g/mol. The second-order valence-electron chi connectivity index (χ2n) is 3.57. The van der Waals surface area contributed by atoms with Gasteiger partial charge in [0.25, 0.3) is 0 Å². The quantitative estimate of drug-likeness (QED) is 0.636. The predicted octanol–water partition coefficient (Wildman–Crippen LogP) is 1.04. The second-order valence-corrected chi connectivity index (χ2v) is 3.57. The highest BCUT2D eigenvalue weighted by Crippen LogP contribution is 2.23. The molecule has 1 heterocycles. The van der Waals surface area contributed by atoms with Crippen LogP contribution in [0.4, 0.5) is 4.39 Å². The van der Waals surface area contributed by atoms with Gasteiger partial charge in [0.2, 0.25) is 0 Å². The van der Waals surface area contributed by atoms with Crippen molar-refractivity contribution in [2.75, 3.05) is 13.2 Å². The summed E-state index contributed by atoms with van der Waals surface area (Å²) in [4.78, 5) is 3.96. The summed E-state index contributed by atoms with van der Waals surface area (Å²) in [6.07, 6.45) is 1.99. The first-order chi connectivity index (χ1) is 7.70. The minimum atomic E-state index is -0.360. The van der Waals surface area contributed by atoms with Gasteiger partial charge in [-0.2, -0.15) is 0 Å². The van der Waals surface area contributed by atoms with E-state index in [0.29, 0.717) is 36.3 Å². The SMILES string of the molecule is Cc1ncc(CO)c(CNCCCF)c1O. The molecule has 90 valence electrons. The van der Waals surface area contributed by atoms with E-state index >= 15 is 0 Å². The standard InChI is InChI=1S/C11H17FN2O2/c1-8-11(16)10(6-13-4-2-3-12)9(7-15)5-14-8/h5,13,15-16H,2-4,6-7H2,1H3. The lowest BCUT2D eigenvalue weighted by Gasteiger charge is -2.11. The Morgan fingerprint density at radius 2 is 2.25 bits per heavy atom. The number of hydrogen-bond donors (Lipinski definition) is 3. The molecule has 1 rings (SSSR count). The Bertz CT molecular complexity index is 345. The molecular weight excluding hydrogens is 211 g/mol. The smallest absolute Gasteiger partial charge is 0.141 e. The molecule has 0 saturated carbocycles. The van der Waals surface area contributed by atoms with Crippen LogP contribution in [0.2, 0.25) is 0 Å². The molecule has 0 spiro atoms. The number of aromatic nitrogens is 1. The zero-order valence-electron chi connectivity index (χ0n) is 9.33. The van der Waals surface area contributed by atoms with Crippen molar-refractivity contribution in [2.24, 2.45) is 0 Å². The number of aliphatic hydroxyl groups is 1. The Morgan fingerprint density at radius 3 is 2.88 bits per heavy atom. The molecule has 0 atom stereocenters. The molecule has 0 saturated heterocycles. The molecule has 0 aliphatic rings. The van der Waals surface area contributed by atoms with Crippen molar-refractivity contribution in [3.8, 4) is 5.75 Å². The van der Waals surface area contributed by atoms with E-state index in [1.165, 1.54) is 0 Å². The molecule has 5 heteroatoms. The lowest BCUT2D eigenvalue weighted by atomic mass is 10.1. The van der Waals surface area contributed by atoms with Crippen LogP contribution in [-0.4, -0.2) is 28.4 Å². The zero-order chi connectivity index (χ0) is 12.0. The molecule has 16 heavy (non-hydrogen) atoms. The van der Waals surface area contributed by atoms with Gasteiger partial charge in [0.1, 0.15) is 5.75 Å². The Labute approximate surface area is 94.1 Å². The van der Waals surface area contributed by atoms with Crippen LogP contribution in [-0.2, 0) is 13.2 Å². The largest absolute Gasteiger partial charge is 0.506 e. The fraction of sp³-hybridized carbons (Fsp3) is 0.545. The molecule has 3 N–H and O–H groups in total.